The van der Waals surface area contributed by atoms with E-state index in [9.17, 15) is 0 Å². The fourth-order valence-corrected chi connectivity index (χ4v) is 2.56. The van der Waals surface area contributed by atoms with Crippen LogP contribution in [0, 0.1) is 0 Å². The third-order valence-corrected chi connectivity index (χ3v) is 3.00. The van der Waals surface area contributed by atoms with Crippen molar-refractivity contribution in [1.82, 2.24) is 10.6 Å². The number of hydrogen-bond donors (Lipinski definition) is 4. The second-order valence-electron chi connectivity index (χ2n) is 6.98. The van der Waals surface area contributed by atoms with Crippen LogP contribution in [0.4, 0.5) is 0 Å². The lowest BCUT2D eigenvalue weighted by Crippen LogP contribution is -2.49. The summed E-state index contributed by atoms with van der Waals surface area (Å²) in [7, 11) is 0. The number of rotatable bonds is 9. The largest absolute Gasteiger partial charge is 0.328 e. The second kappa shape index (κ2) is 7.43. The molecule has 110 valence electrons. The molecule has 4 heteroatoms. The van der Waals surface area contributed by atoms with Crippen molar-refractivity contribution in [3.63, 3.8) is 0 Å². The van der Waals surface area contributed by atoms with Crippen molar-refractivity contribution < 1.29 is 0 Å². The Kier molecular flexibility index (Phi) is 7.37. The molecule has 0 saturated heterocycles. The quantitative estimate of drug-likeness (QED) is 0.469. The molecule has 0 amide bonds. The Balaban J connectivity index is 3.85. The molecule has 0 heterocycles. The first-order valence-corrected chi connectivity index (χ1v) is 7.05. The van der Waals surface area contributed by atoms with E-state index in [0.717, 1.165) is 25.9 Å². The van der Waals surface area contributed by atoms with E-state index in [1.165, 1.54) is 0 Å². The van der Waals surface area contributed by atoms with Gasteiger partial charge in [0.2, 0.25) is 0 Å². The summed E-state index contributed by atoms with van der Waals surface area (Å²) < 4.78 is 0. The zero-order valence-electron chi connectivity index (χ0n) is 13.1. The van der Waals surface area contributed by atoms with Crippen molar-refractivity contribution in [3.05, 3.63) is 0 Å². The lowest BCUT2D eigenvalue weighted by molar-refractivity contribution is 0.308. The van der Waals surface area contributed by atoms with Gasteiger partial charge in [-0.25, -0.2) is 0 Å². The fraction of sp³-hybridized carbons (Fsp3) is 1.00. The minimum atomic E-state index is 0.0984. The molecule has 0 bridgehead atoms. The van der Waals surface area contributed by atoms with Crippen molar-refractivity contribution in [3.8, 4) is 0 Å². The van der Waals surface area contributed by atoms with Gasteiger partial charge in [0, 0.05) is 36.3 Å². The van der Waals surface area contributed by atoms with Gasteiger partial charge in [-0.1, -0.05) is 0 Å². The minimum absolute atomic E-state index is 0.0984. The smallest absolute Gasteiger partial charge is 0.0140 e. The Morgan fingerprint density at radius 1 is 0.778 bits per heavy atom. The molecule has 0 aromatic carbocycles. The summed E-state index contributed by atoms with van der Waals surface area (Å²) >= 11 is 0. The van der Waals surface area contributed by atoms with Gasteiger partial charge >= 0.3 is 0 Å². The van der Waals surface area contributed by atoms with Gasteiger partial charge < -0.3 is 22.1 Å². The SMILES string of the molecule is CC(N)CC(C)(C)NCCNC(C)(C)CC(C)N. The average Bonchev–Trinajstić information content (AvgIpc) is 2.08. The van der Waals surface area contributed by atoms with Gasteiger partial charge in [-0.05, 0) is 54.4 Å². The first-order chi connectivity index (χ1) is 8.04. The van der Waals surface area contributed by atoms with E-state index in [2.05, 4.69) is 38.3 Å². The number of hydrogen-bond acceptors (Lipinski definition) is 4. The molecule has 0 aliphatic carbocycles. The molecule has 0 radical (unpaired) electrons. The summed E-state index contributed by atoms with van der Waals surface area (Å²) in [6, 6.07) is 0.463. The lowest BCUT2D eigenvalue weighted by atomic mass is 9.95. The minimum Gasteiger partial charge on any atom is -0.328 e. The zero-order chi connectivity index (χ0) is 14.4. The highest BCUT2D eigenvalue weighted by Gasteiger charge is 2.20. The molecular weight excluding hydrogens is 224 g/mol. The zero-order valence-corrected chi connectivity index (χ0v) is 13.1. The van der Waals surface area contributed by atoms with Crippen molar-refractivity contribution in [2.24, 2.45) is 11.5 Å². The normalized spacial score (nSPS) is 16.7. The fourth-order valence-electron chi connectivity index (χ4n) is 2.56. The maximum Gasteiger partial charge on any atom is 0.0140 e. The monoisotopic (exact) mass is 258 g/mol. The van der Waals surface area contributed by atoms with Crippen LogP contribution in [0.25, 0.3) is 0 Å². The number of nitrogens with two attached hydrogens (primary N) is 2. The van der Waals surface area contributed by atoms with Crippen molar-refractivity contribution in [2.45, 2.75) is 77.5 Å². The van der Waals surface area contributed by atoms with Gasteiger partial charge in [-0.2, -0.15) is 0 Å². The summed E-state index contributed by atoms with van der Waals surface area (Å²) in [5.41, 5.74) is 11.9. The van der Waals surface area contributed by atoms with E-state index in [4.69, 9.17) is 11.5 Å². The Morgan fingerprint density at radius 3 is 1.28 bits per heavy atom. The average molecular weight is 258 g/mol. The molecular formula is C14H34N4. The summed E-state index contributed by atoms with van der Waals surface area (Å²) in [5.74, 6) is 0. The molecule has 0 aliphatic heterocycles. The predicted molar refractivity (Wildman–Crippen MR) is 80.7 cm³/mol. The Morgan fingerprint density at radius 2 is 1.06 bits per heavy atom. The van der Waals surface area contributed by atoms with Crippen molar-refractivity contribution >= 4 is 0 Å². The molecule has 0 aromatic heterocycles. The Hall–Kier alpha value is -0.160. The maximum atomic E-state index is 5.84. The topological polar surface area (TPSA) is 76.1 Å². The van der Waals surface area contributed by atoms with Crippen LogP contribution < -0.4 is 22.1 Å². The predicted octanol–water partition coefficient (Wildman–Crippen LogP) is 1.20. The van der Waals surface area contributed by atoms with Crippen LogP contribution in [0.2, 0.25) is 0 Å². The Bertz CT molecular complexity index is 198. The van der Waals surface area contributed by atoms with Gasteiger partial charge in [-0.3, -0.25) is 0 Å². The Labute approximate surface area is 113 Å². The van der Waals surface area contributed by atoms with Crippen molar-refractivity contribution in [2.75, 3.05) is 13.1 Å². The summed E-state index contributed by atoms with van der Waals surface area (Å²) in [6.07, 6.45) is 1.96. The van der Waals surface area contributed by atoms with E-state index in [1.807, 2.05) is 13.8 Å². The van der Waals surface area contributed by atoms with Crippen LogP contribution in [-0.2, 0) is 0 Å². The van der Waals surface area contributed by atoms with Crippen LogP contribution in [0.1, 0.15) is 54.4 Å². The van der Waals surface area contributed by atoms with Gasteiger partial charge in [0.25, 0.3) is 0 Å². The highest BCUT2D eigenvalue weighted by atomic mass is 15.0. The lowest BCUT2D eigenvalue weighted by Gasteiger charge is -2.31. The third kappa shape index (κ3) is 9.83. The molecule has 0 aliphatic rings. The van der Waals surface area contributed by atoms with Crippen LogP contribution in [0.15, 0.2) is 0 Å². The molecule has 0 saturated carbocycles. The van der Waals surface area contributed by atoms with E-state index in [0.29, 0.717) is 0 Å². The molecule has 2 unspecified atom stereocenters. The number of nitrogens with one attached hydrogen (secondary N) is 2. The van der Waals surface area contributed by atoms with Crippen LogP contribution >= 0.6 is 0 Å². The molecule has 0 fully saturated rings. The molecule has 4 nitrogen and oxygen atoms in total. The van der Waals surface area contributed by atoms with Crippen LogP contribution in [0.3, 0.4) is 0 Å². The van der Waals surface area contributed by atoms with Crippen LogP contribution in [-0.4, -0.2) is 36.3 Å². The maximum absolute atomic E-state index is 5.84. The van der Waals surface area contributed by atoms with E-state index >= 15 is 0 Å². The first-order valence-electron chi connectivity index (χ1n) is 7.05. The van der Waals surface area contributed by atoms with E-state index in [-0.39, 0.29) is 23.2 Å². The molecule has 0 spiro atoms. The van der Waals surface area contributed by atoms with E-state index < -0.39 is 0 Å². The summed E-state index contributed by atoms with van der Waals surface area (Å²) in [6.45, 7) is 14.8. The van der Waals surface area contributed by atoms with Crippen molar-refractivity contribution in [1.29, 1.82) is 0 Å². The van der Waals surface area contributed by atoms with Gasteiger partial charge in [0.1, 0.15) is 0 Å². The first kappa shape index (κ1) is 17.8. The third-order valence-electron chi connectivity index (χ3n) is 3.00. The highest BCUT2D eigenvalue weighted by Crippen LogP contribution is 2.11. The standard InChI is InChI=1S/C14H34N4/c1-11(15)9-13(3,4)17-7-8-18-14(5,6)10-12(2)16/h11-12,17-18H,7-10,15-16H2,1-6H3. The van der Waals surface area contributed by atoms with Gasteiger partial charge in [0.15, 0.2) is 0 Å². The molecule has 0 aromatic rings. The molecule has 18 heavy (non-hydrogen) atoms. The molecule has 0 rings (SSSR count). The summed E-state index contributed by atoms with van der Waals surface area (Å²) in [4.78, 5) is 0. The van der Waals surface area contributed by atoms with Gasteiger partial charge in [0.05, 0.1) is 0 Å². The highest BCUT2D eigenvalue weighted by molar-refractivity contribution is 4.84. The molecule has 2 atom stereocenters. The van der Waals surface area contributed by atoms with Gasteiger partial charge in [-0.15, -0.1) is 0 Å². The van der Waals surface area contributed by atoms with E-state index in [1.54, 1.807) is 0 Å². The van der Waals surface area contributed by atoms with Crippen LogP contribution in [0.5, 0.6) is 0 Å². The summed E-state index contributed by atoms with van der Waals surface area (Å²) in [5, 5.41) is 7.08. The second-order valence-corrected chi connectivity index (χ2v) is 6.98. The molecule has 6 N–H and O–H groups in total.